The number of primary amides is 1. The zero-order valence-electron chi connectivity index (χ0n) is 14.7. The number of rotatable bonds is 7. The molecule has 0 aliphatic heterocycles. The van der Waals surface area contributed by atoms with Crippen LogP contribution < -0.4 is 16.4 Å². The van der Waals surface area contributed by atoms with Crippen molar-refractivity contribution >= 4 is 34.4 Å². The van der Waals surface area contributed by atoms with E-state index in [1.807, 2.05) is 24.4 Å². The molecule has 1 heterocycles. The number of halogens is 1. The highest BCUT2D eigenvalue weighted by Crippen LogP contribution is 2.20. The van der Waals surface area contributed by atoms with Crippen LogP contribution in [0.15, 0.2) is 54.7 Å². The number of fused-ring (bicyclic) bond motifs is 1. The number of benzene rings is 2. The second-order valence-corrected chi connectivity index (χ2v) is 6.71. The summed E-state index contributed by atoms with van der Waals surface area (Å²) >= 11 is 5.89. The third kappa shape index (κ3) is 5.01. The molecule has 0 saturated carbocycles. The van der Waals surface area contributed by atoms with Gasteiger partial charge in [0.2, 0.25) is 5.91 Å². The third-order valence-corrected chi connectivity index (χ3v) is 4.62. The minimum absolute atomic E-state index is 0.0957. The van der Waals surface area contributed by atoms with Gasteiger partial charge in [0.25, 0.3) is 0 Å². The van der Waals surface area contributed by atoms with Crippen molar-refractivity contribution in [3.8, 4) is 0 Å². The number of para-hydroxylation sites is 1. The molecule has 0 aliphatic rings. The van der Waals surface area contributed by atoms with Gasteiger partial charge < -0.3 is 21.4 Å². The molecule has 0 radical (unpaired) electrons. The van der Waals surface area contributed by atoms with Crippen molar-refractivity contribution in [1.29, 1.82) is 0 Å². The number of hydrogen-bond acceptors (Lipinski definition) is 2. The molecule has 2 aromatic carbocycles. The van der Waals surface area contributed by atoms with Crippen LogP contribution in [0, 0.1) is 0 Å². The van der Waals surface area contributed by atoms with Crippen LogP contribution in [-0.2, 0) is 11.2 Å². The zero-order chi connectivity index (χ0) is 19.2. The number of carbonyl (C=O) groups excluding carboxylic acids is 2. The Kier molecular flexibility index (Phi) is 5.98. The van der Waals surface area contributed by atoms with Crippen LogP contribution in [0.2, 0.25) is 5.02 Å². The maximum absolute atomic E-state index is 12.3. The number of aromatic nitrogens is 1. The third-order valence-electron chi connectivity index (χ3n) is 4.37. The highest BCUT2D eigenvalue weighted by atomic mass is 35.5. The second kappa shape index (κ2) is 8.60. The Bertz CT molecular complexity index is 937. The first kappa shape index (κ1) is 18.8. The molecule has 7 heteroatoms. The molecule has 3 aromatic rings. The molecule has 3 rings (SSSR count). The SMILES string of the molecule is NC(=O)NC(CC(=O)NCCc1c[nH]c2ccccc12)c1ccc(Cl)cc1. The summed E-state index contributed by atoms with van der Waals surface area (Å²) in [6.45, 7) is 0.505. The Morgan fingerprint density at radius 1 is 1.11 bits per heavy atom. The summed E-state index contributed by atoms with van der Waals surface area (Å²) in [5.41, 5.74) is 8.24. The fourth-order valence-corrected chi connectivity index (χ4v) is 3.18. The molecule has 0 bridgehead atoms. The number of aromatic amines is 1. The van der Waals surface area contributed by atoms with Crippen molar-refractivity contribution in [2.75, 3.05) is 6.54 Å². The molecule has 3 amide bonds. The fourth-order valence-electron chi connectivity index (χ4n) is 3.05. The molecule has 1 atom stereocenters. The van der Waals surface area contributed by atoms with E-state index in [0.29, 0.717) is 18.0 Å². The van der Waals surface area contributed by atoms with E-state index in [9.17, 15) is 9.59 Å². The lowest BCUT2D eigenvalue weighted by atomic mass is 10.0. The van der Waals surface area contributed by atoms with Gasteiger partial charge >= 0.3 is 6.03 Å². The largest absolute Gasteiger partial charge is 0.361 e. The summed E-state index contributed by atoms with van der Waals surface area (Å²) in [5, 5.41) is 7.24. The van der Waals surface area contributed by atoms with Crippen LogP contribution >= 0.6 is 11.6 Å². The van der Waals surface area contributed by atoms with E-state index in [2.05, 4.69) is 21.7 Å². The molecular weight excluding hydrogens is 364 g/mol. The van der Waals surface area contributed by atoms with Gasteiger partial charge in [0, 0.05) is 28.7 Å². The van der Waals surface area contributed by atoms with Gasteiger partial charge in [0.1, 0.15) is 0 Å². The maximum atomic E-state index is 12.3. The monoisotopic (exact) mass is 384 g/mol. The van der Waals surface area contributed by atoms with E-state index in [1.165, 1.54) is 0 Å². The Hall–Kier alpha value is -2.99. The number of urea groups is 1. The van der Waals surface area contributed by atoms with E-state index in [-0.39, 0.29) is 12.3 Å². The normalized spacial score (nSPS) is 11.9. The molecule has 0 spiro atoms. The number of hydrogen-bond donors (Lipinski definition) is 4. The van der Waals surface area contributed by atoms with Gasteiger partial charge in [-0.3, -0.25) is 4.79 Å². The zero-order valence-corrected chi connectivity index (χ0v) is 15.4. The van der Waals surface area contributed by atoms with Gasteiger partial charge in [-0.1, -0.05) is 41.9 Å². The Labute approximate surface area is 162 Å². The van der Waals surface area contributed by atoms with Gasteiger partial charge in [-0.15, -0.1) is 0 Å². The lowest BCUT2D eigenvalue weighted by molar-refractivity contribution is -0.121. The van der Waals surface area contributed by atoms with Gasteiger partial charge in [0.05, 0.1) is 12.5 Å². The molecule has 27 heavy (non-hydrogen) atoms. The van der Waals surface area contributed by atoms with Crippen molar-refractivity contribution in [2.24, 2.45) is 5.73 Å². The molecule has 0 fully saturated rings. The first-order valence-corrected chi connectivity index (χ1v) is 9.04. The highest BCUT2D eigenvalue weighted by Gasteiger charge is 2.17. The van der Waals surface area contributed by atoms with Crippen molar-refractivity contribution in [1.82, 2.24) is 15.6 Å². The number of amides is 3. The molecule has 140 valence electrons. The minimum atomic E-state index is -0.679. The van der Waals surface area contributed by atoms with E-state index in [1.54, 1.807) is 24.3 Å². The summed E-state index contributed by atoms with van der Waals surface area (Å²) < 4.78 is 0. The first-order chi connectivity index (χ1) is 13.0. The number of carbonyl (C=O) groups is 2. The molecule has 1 aromatic heterocycles. The van der Waals surface area contributed by atoms with Gasteiger partial charge in [-0.2, -0.15) is 0 Å². The van der Waals surface area contributed by atoms with Crippen molar-refractivity contribution < 1.29 is 9.59 Å². The number of nitrogens with one attached hydrogen (secondary N) is 3. The van der Waals surface area contributed by atoms with E-state index in [0.717, 1.165) is 22.0 Å². The van der Waals surface area contributed by atoms with Crippen molar-refractivity contribution in [3.63, 3.8) is 0 Å². The average molecular weight is 385 g/mol. The van der Waals surface area contributed by atoms with Crippen LogP contribution in [-0.4, -0.2) is 23.5 Å². The van der Waals surface area contributed by atoms with Crippen LogP contribution in [0.3, 0.4) is 0 Å². The standard InChI is InChI=1S/C20H21ClN4O2/c21-15-7-5-13(6-8-15)18(25-20(22)27)11-19(26)23-10-9-14-12-24-17-4-2-1-3-16(14)17/h1-8,12,18,24H,9-11H2,(H,23,26)(H3,22,25,27). The van der Waals surface area contributed by atoms with Gasteiger partial charge in [-0.25, -0.2) is 4.79 Å². The quantitative estimate of drug-likeness (QED) is 0.502. The summed E-state index contributed by atoms with van der Waals surface area (Å²) in [7, 11) is 0. The smallest absolute Gasteiger partial charge is 0.312 e. The summed E-state index contributed by atoms with van der Waals surface area (Å²) in [5.74, 6) is -0.163. The van der Waals surface area contributed by atoms with Crippen LogP contribution in [0.25, 0.3) is 10.9 Å². The highest BCUT2D eigenvalue weighted by molar-refractivity contribution is 6.30. The van der Waals surface area contributed by atoms with Crippen LogP contribution in [0.1, 0.15) is 23.6 Å². The van der Waals surface area contributed by atoms with Crippen LogP contribution in [0.4, 0.5) is 4.79 Å². The minimum Gasteiger partial charge on any atom is -0.361 e. The summed E-state index contributed by atoms with van der Waals surface area (Å²) in [6, 6.07) is 13.8. The fraction of sp³-hybridized carbons (Fsp3) is 0.200. The molecule has 1 unspecified atom stereocenters. The molecular formula is C20H21ClN4O2. The van der Waals surface area contributed by atoms with Crippen molar-refractivity contribution in [2.45, 2.75) is 18.9 Å². The Balaban J connectivity index is 1.57. The first-order valence-electron chi connectivity index (χ1n) is 8.66. The lowest BCUT2D eigenvalue weighted by Crippen LogP contribution is -2.37. The summed E-state index contributed by atoms with van der Waals surface area (Å²) in [6.07, 6.45) is 2.77. The molecule has 6 nitrogen and oxygen atoms in total. The van der Waals surface area contributed by atoms with Gasteiger partial charge in [0.15, 0.2) is 0 Å². The van der Waals surface area contributed by atoms with E-state index < -0.39 is 12.1 Å². The number of nitrogens with two attached hydrogens (primary N) is 1. The maximum Gasteiger partial charge on any atom is 0.312 e. The lowest BCUT2D eigenvalue weighted by Gasteiger charge is -2.18. The Morgan fingerprint density at radius 3 is 2.59 bits per heavy atom. The van der Waals surface area contributed by atoms with Crippen LogP contribution in [0.5, 0.6) is 0 Å². The predicted molar refractivity (Wildman–Crippen MR) is 107 cm³/mol. The Morgan fingerprint density at radius 2 is 1.85 bits per heavy atom. The topological polar surface area (TPSA) is 100 Å². The van der Waals surface area contributed by atoms with Crippen molar-refractivity contribution in [3.05, 3.63) is 70.9 Å². The summed E-state index contributed by atoms with van der Waals surface area (Å²) in [4.78, 5) is 26.8. The predicted octanol–water partition coefficient (Wildman–Crippen LogP) is 3.28. The second-order valence-electron chi connectivity index (χ2n) is 6.28. The number of H-pyrrole nitrogens is 1. The van der Waals surface area contributed by atoms with E-state index >= 15 is 0 Å². The van der Waals surface area contributed by atoms with E-state index in [4.69, 9.17) is 17.3 Å². The molecule has 5 N–H and O–H groups in total. The van der Waals surface area contributed by atoms with Gasteiger partial charge in [-0.05, 0) is 35.7 Å². The molecule has 0 aliphatic carbocycles. The average Bonchev–Trinajstić information content (AvgIpc) is 3.05. The molecule has 0 saturated heterocycles.